The Balaban J connectivity index is 0.00000121. The van der Waals surface area contributed by atoms with Crippen molar-refractivity contribution in [3.8, 4) is 0 Å². The van der Waals surface area contributed by atoms with Gasteiger partial charge in [-0.2, -0.15) is 0 Å². The van der Waals surface area contributed by atoms with Gasteiger partial charge in [0.2, 0.25) is 0 Å². The number of halogens is 1. The molecule has 1 saturated heterocycles. The Morgan fingerprint density at radius 3 is 2.75 bits per heavy atom. The molecule has 0 spiro atoms. The highest BCUT2D eigenvalue weighted by Gasteiger charge is 2.20. The molecule has 0 saturated carbocycles. The van der Waals surface area contributed by atoms with Crippen LogP contribution in [0.1, 0.15) is 12.8 Å². The third kappa shape index (κ3) is 2.87. The van der Waals surface area contributed by atoms with Crippen LogP contribution in [0.3, 0.4) is 0 Å². The number of nitrogens with zero attached hydrogens (tertiary/aromatic N) is 1. The summed E-state index contributed by atoms with van der Waals surface area (Å²) in [4.78, 5) is 11.9. The summed E-state index contributed by atoms with van der Waals surface area (Å²) in [6.07, 6.45) is 1.22. The van der Waals surface area contributed by atoms with Crippen LogP contribution in [0.4, 0.5) is 4.79 Å². The third-order valence-electron chi connectivity index (χ3n) is 2.12. The van der Waals surface area contributed by atoms with Crippen LogP contribution in [0.2, 0.25) is 0 Å². The average molecular weight is 195 g/mol. The molecule has 1 aliphatic heterocycles. The molecule has 5 heteroatoms. The van der Waals surface area contributed by atoms with E-state index in [1.807, 2.05) is 0 Å². The van der Waals surface area contributed by atoms with Crippen molar-refractivity contribution in [2.75, 3.05) is 20.1 Å². The van der Waals surface area contributed by atoms with E-state index in [-0.39, 0.29) is 18.4 Å². The van der Waals surface area contributed by atoms with Gasteiger partial charge in [0, 0.05) is 19.6 Å². The number of rotatable bonds is 1. The Kier molecular flexibility index (Phi) is 5.01. The van der Waals surface area contributed by atoms with Gasteiger partial charge in [-0.3, -0.25) is 0 Å². The van der Waals surface area contributed by atoms with Gasteiger partial charge in [0.25, 0.3) is 0 Å². The Labute approximate surface area is 78.3 Å². The van der Waals surface area contributed by atoms with E-state index in [4.69, 9.17) is 5.11 Å². The summed E-state index contributed by atoms with van der Waals surface area (Å²) < 4.78 is 0. The molecule has 0 aromatic rings. The molecule has 2 N–H and O–H groups in total. The molecule has 1 heterocycles. The zero-order chi connectivity index (χ0) is 8.27. The number of amides is 1. The number of hydrogen-bond acceptors (Lipinski definition) is 2. The molecule has 4 nitrogen and oxygen atoms in total. The number of carboxylic acid groups (broad SMARTS) is 1. The van der Waals surface area contributed by atoms with Crippen molar-refractivity contribution < 1.29 is 9.90 Å². The number of hydrogen-bond donors (Lipinski definition) is 2. The minimum absolute atomic E-state index is 0. The van der Waals surface area contributed by atoms with Crippen LogP contribution in [0.25, 0.3) is 0 Å². The Morgan fingerprint density at radius 1 is 1.67 bits per heavy atom. The highest BCUT2D eigenvalue weighted by atomic mass is 35.5. The van der Waals surface area contributed by atoms with Gasteiger partial charge in [-0.1, -0.05) is 0 Å². The van der Waals surface area contributed by atoms with Crippen molar-refractivity contribution in [1.82, 2.24) is 10.2 Å². The van der Waals surface area contributed by atoms with Gasteiger partial charge in [0.05, 0.1) is 0 Å². The largest absolute Gasteiger partial charge is 0.465 e. The van der Waals surface area contributed by atoms with Crippen molar-refractivity contribution in [1.29, 1.82) is 0 Å². The maximum atomic E-state index is 10.5. The van der Waals surface area contributed by atoms with Crippen LogP contribution < -0.4 is 5.32 Å². The number of nitrogens with one attached hydrogen (secondary N) is 1. The predicted molar refractivity (Wildman–Crippen MR) is 48.9 cm³/mol. The molecule has 1 aliphatic rings. The minimum Gasteiger partial charge on any atom is -0.465 e. The lowest BCUT2D eigenvalue weighted by molar-refractivity contribution is 0.130. The molecule has 1 amide bonds. The molecular weight excluding hydrogens is 180 g/mol. The second kappa shape index (κ2) is 5.22. The van der Waals surface area contributed by atoms with Crippen molar-refractivity contribution >= 4 is 18.5 Å². The Morgan fingerprint density at radius 2 is 2.33 bits per heavy atom. The Hall–Kier alpha value is -0.480. The molecule has 0 radical (unpaired) electrons. The minimum atomic E-state index is -0.835. The molecule has 0 unspecified atom stereocenters. The summed E-state index contributed by atoms with van der Waals surface area (Å²) in [5.41, 5.74) is 0. The van der Waals surface area contributed by atoms with Crippen LogP contribution in [0, 0.1) is 0 Å². The number of piperidine rings is 1. The highest BCUT2D eigenvalue weighted by molar-refractivity contribution is 5.85. The van der Waals surface area contributed by atoms with Crippen LogP contribution in [0.15, 0.2) is 0 Å². The van der Waals surface area contributed by atoms with Gasteiger partial charge >= 0.3 is 6.09 Å². The molecule has 1 rings (SSSR count). The first-order valence-electron chi connectivity index (χ1n) is 3.88. The zero-order valence-electron chi connectivity index (χ0n) is 7.12. The normalized spacial score (nSPS) is 22.6. The molecule has 0 aliphatic carbocycles. The van der Waals surface area contributed by atoms with E-state index in [1.54, 1.807) is 7.05 Å². The van der Waals surface area contributed by atoms with E-state index < -0.39 is 6.09 Å². The molecular formula is C7H15ClN2O2. The SMILES string of the molecule is CN(C(=O)O)[C@H]1CCCNC1.Cl. The lowest BCUT2D eigenvalue weighted by Gasteiger charge is -2.29. The van der Waals surface area contributed by atoms with Crippen molar-refractivity contribution in [2.24, 2.45) is 0 Å². The topological polar surface area (TPSA) is 52.6 Å². The van der Waals surface area contributed by atoms with E-state index in [1.165, 1.54) is 4.90 Å². The van der Waals surface area contributed by atoms with Gasteiger partial charge in [-0.25, -0.2) is 4.79 Å². The summed E-state index contributed by atoms with van der Waals surface area (Å²) in [5, 5.41) is 11.8. The average Bonchev–Trinajstić information content (AvgIpc) is 2.05. The quantitative estimate of drug-likeness (QED) is 0.649. The first-order valence-corrected chi connectivity index (χ1v) is 3.88. The number of likely N-dealkylation sites (N-methyl/N-ethyl adjacent to an activating group) is 1. The van der Waals surface area contributed by atoms with Crippen molar-refractivity contribution in [3.05, 3.63) is 0 Å². The standard InChI is InChI=1S/C7H14N2O2.ClH/c1-9(7(10)11)6-3-2-4-8-5-6;/h6,8H,2-5H2,1H3,(H,10,11);1H/t6-;/m0./s1. The maximum absolute atomic E-state index is 10.5. The fourth-order valence-electron chi connectivity index (χ4n) is 1.32. The lowest BCUT2D eigenvalue weighted by atomic mass is 10.1. The van der Waals surface area contributed by atoms with Gasteiger partial charge in [0.1, 0.15) is 0 Å². The monoisotopic (exact) mass is 194 g/mol. The highest BCUT2D eigenvalue weighted by Crippen LogP contribution is 2.07. The second-order valence-electron chi connectivity index (χ2n) is 2.89. The van der Waals surface area contributed by atoms with Gasteiger partial charge in [-0.05, 0) is 19.4 Å². The molecule has 0 aromatic carbocycles. The van der Waals surface area contributed by atoms with Gasteiger partial charge < -0.3 is 15.3 Å². The molecule has 0 aromatic heterocycles. The number of carbonyl (C=O) groups is 1. The van der Waals surface area contributed by atoms with Crippen molar-refractivity contribution in [3.63, 3.8) is 0 Å². The van der Waals surface area contributed by atoms with Crippen LogP contribution in [-0.4, -0.2) is 42.3 Å². The summed E-state index contributed by atoms with van der Waals surface area (Å²) in [7, 11) is 1.62. The van der Waals surface area contributed by atoms with Gasteiger partial charge in [-0.15, -0.1) is 12.4 Å². The fourth-order valence-corrected chi connectivity index (χ4v) is 1.32. The van der Waals surface area contributed by atoms with E-state index in [2.05, 4.69) is 5.32 Å². The lowest BCUT2D eigenvalue weighted by Crippen LogP contribution is -2.46. The fraction of sp³-hybridized carbons (Fsp3) is 0.857. The van der Waals surface area contributed by atoms with E-state index in [0.29, 0.717) is 0 Å². The first kappa shape index (κ1) is 11.5. The molecule has 0 bridgehead atoms. The first-order chi connectivity index (χ1) is 5.22. The second-order valence-corrected chi connectivity index (χ2v) is 2.89. The summed E-state index contributed by atoms with van der Waals surface area (Å²) in [6, 6.07) is 0.168. The smallest absolute Gasteiger partial charge is 0.407 e. The predicted octanol–water partition coefficient (Wildman–Crippen LogP) is 0.770. The zero-order valence-corrected chi connectivity index (χ0v) is 7.93. The van der Waals surface area contributed by atoms with Crippen LogP contribution in [0.5, 0.6) is 0 Å². The van der Waals surface area contributed by atoms with E-state index in [9.17, 15) is 4.79 Å². The molecule has 1 atom stereocenters. The summed E-state index contributed by atoms with van der Waals surface area (Å²) in [6.45, 7) is 1.81. The summed E-state index contributed by atoms with van der Waals surface area (Å²) >= 11 is 0. The van der Waals surface area contributed by atoms with E-state index in [0.717, 1.165) is 25.9 Å². The van der Waals surface area contributed by atoms with Gasteiger partial charge in [0.15, 0.2) is 0 Å². The maximum Gasteiger partial charge on any atom is 0.407 e. The molecule has 12 heavy (non-hydrogen) atoms. The van der Waals surface area contributed by atoms with Crippen LogP contribution >= 0.6 is 12.4 Å². The van der Waals surface area contributed by atoms with Crippen LogP contribution in [-0.2, 0) is 0 Å². The van der Waals surface area contributed by atoms with Crippen molar-refractivity contribution in [2.45, 2.75) is 18.9 Å². The van der Waals surface area contributed by atoms with E-state index >= 15 is 0 Å². The Bertz CT molecular complexity index is 148. The molecule has 72 valence electrons. The third-order valence-corrected chi connectivity index (χ3v) is 2.12. The summed E-state index contributed by atoms with van der Waals surface area (Å²) in [5.74, 6) is 0. The molecule has 1 fully saturated rings.